The summed E-state index contributed by atoms with van der Waals surface area (Å²) in [6.45, 7) is 4.15. The van der Waals surface area contributed by atoms with Gasteiger partial charge in [-0.15, -0.1) is 24.2 Å². The van der Waals surface area contributed by atoms with E-state index in [0.717, 1.165) is 31.7 Å². The first-order valence-electron chi connectivity index (χ1n) is 7.26. The van der Waals surface area contributed by atoms with E-state index in [-0.39, 0.29) is 18.3 Å². The lowest BCUT2D eigenvalue weighted by atomic mass is 10.1. The molecule has 1 amide bonds. The molecule has 0 spiro atoms. The first-order valence-corrected chi connectivity index (χ1v) is 8.42. The molecule has 1 fully saturated rings. The summed E-state index contributed by atoms with van der Waals surface area (Å²) in [5.41, 5.74) is 2.58. The number of nitrogens with one attached hydrogen (secondary N) is 1. The average Bonchev–Trinajstić information content (AvgIpc) is 2.47. The molecule has 0 aromatic heterocycles. The van der Waals surface area contributed by atoms with Crippen LogP contribution in [0.25, 0.3) is 0 Å². The molecule has 1 saturated heterocycles. The van der Waals surface area contributed by atoms with Crippen LogP contribution in [0.1, 0.15) is 24.0 Å². The quantitative estimate of drug-likeness (QED) is 0.902. The molecule has 1 aromatic rings. The SMILES string of the molecule is Cc1cccc(CSCC(=O)N(C)C2CCNCC2)c1.Cl. The highest BCUT2D eigenvalue weighted by molar-refractivity contribution is 7.99. The van der Waals surface area contributed by atoms with Gasteiger partial charge in [-0.3, -0.25) is 4.79 Å². The molecule has 5 heteroatoms. The van der Waals surface area contributed by atoms with Crippen LogP contribution in [0.5, 0.6) is 0 Å². The molecule has 1 aliphatic heterocycles. The molecule has 2 rings (SSSR count). The number of piperidine rings is 1. The standard InChI is InChI=1S/C16H24N2OS.ClH/c1-13-4-3-5-14(10-13)11-20-12-16(19)18(2)15-6-8-17-9-7-15;/h3-5,10,15,17H,6-9,11-12H2,1-2H3;1H. The normalized spacial score (nSPS) is 15.3. The number of aryl methyl sites for hydroxylation is 1. The van der Waals surface area contributed by atoms with Gasteiger partial charge in [-0.2, -0.15) is 0 Å². The molecule has 1 aromatic carbocycles. The van der Waals surface area contributed by atoms with Crippen molar-refractivity contribution in [1.29, 1.82) is 0 Å². The Hall–Kier alpha value is -0.710. The number of thioether (sulfide) groups is 1. The molecule has 21 heavy (non-hydrogen) atoms. The number of halogens is 1. The maximum atomic E-state index is 12.2. The van der Waals surface area contributed by atoms with Gasteiger partial charge >= 0.3 is 0 Å². The van der Waals surface area contributed by atoms with Gasteiger partial charge in [0, 0.05) is 18.8 Å². The predicted octanol–water partition coefficient (Wildman–Crippen LogP) is 2.86. The number of hydrogen-bond acceptors (Lipinski definition) is 3. The summed E-state index contributed by atoms with van der Waals surface area (Å²) in [6, 6.07) is 8.91. The summed E-state index contributed by atoms with van der Waals surface area (Å²) in [5.74, 6) is 1.75. The number of amides is 1. The largest absolute Gasteiger partial charge is 0.342 e. The fourth-order valence-corrected chi connectivity index (χ4v) is 3.45. The van der Waals surface area contributed by atoms with Crippen LogP contribution in [0.3, 0.4) is 0 Å². The molecule has 1 heterocycles. The summed E-state index contributed by atoms with van der Waals surface area (Å²) in [4.78, 5) is 14.1. The van der Waals surface area contributed by atoms with Crippen molar-refractivity contribution >= 4 is 30.1 Å². The van der Waals surface area contributed by atoms with Gasteiger partial charge in [-0.05, 0) is 38.4 Å². The zero-order valence-electron chi connectivity index (χ0n) is 12.8. The Labute approximate surface area is 138 Å². The van der Waals surface area contributed by atoms with Crippen LogP contribution in [0, 0.1) is 6.92 Å². The van der Waals surface area contributed by atoms with Gasteiger partial charge in [0.15, 0.2) is 0 Å². The molecule has 0 atom stereocenters. The van der Waals surface area contributed by atoms with Gasteiger partial charge in [0.25, 0.3) is 0 Å². The minimum Gasteiger partial charge on any atom is -0.342 e. The number of carbonyl (C=O) groups is 1. The maximum Gasteiger partial charge on any atom is 0.232 e. The van der Waals surface area contributed by atoms with Crippen molar-refractivity contribution in [3.05, 3.63) is 35.4 Å². The van der Waals surface area contributed by atoms with E-state index in [1.807, 2.05) is 11.9 Å². The van der Waals surface area contributed by atoms with Crippen LogP contribution in [0.15, 0.2) is 24.3 Å². The summed E-state index contributed by atoms with van der Waals surface area (Å²) < 4.78 is 0. The van der Waals surface area contributed by atoms with Gasteiger partial charge in [0.05, 0.1) is 5.75 Å². The molecule has 0 unspecified atom stereocenters. The predicted molar refractivity (Wildman–Crippen MR) is 93.3 cm³/mol. The van der Waals surface area contributed by atoms with Gasteiger partial charge in [-0.25, -0.2) is 0 Å². The van der Waals surface area contributed by atoms with Gasteiger partial charge in [-0.1, -0.05) is 29.8 Å². The molecular formula is C16H25ClN2OS. The van der Waals surface area contributed by atoms with E-state index in [1.165, 1.54) is 11.1 Å². The highest BCUT2D eigenvalue weighted by atomic mass is 35.5. The number of hydrogen-bond donors (Lipinski definition) is 1. The molecule has 0 saturated carbocycles. The Bertz CT molecular complexity index is 450. The van der Waals surface area contributed by atoms with E-state index in [9.17, 15) is 4.79 Å². The van der Waals surface area contributed by atoms with Crippen molar-refractivity contribution in [1.82, 2.24) is 10.2 Å². The number of nitrogens with zero attached hydrogens (tertiary/aromatic N) is 1. The topological polar surface area (TPSA) is 32.3 Å². The monoisotopic (exact) mass is 328 g/mol. The minimum atomic E-state index is 0. The lowest BCUT2D eigenvalue weighted by Gasteiger charge is -2.31. The molecule has 0 bridgehead atoms. The molecule has 118 valence electrons. The fourth-order valence-electron chi connectivity index (χ4n) is 2.56. The first-order chi connectivity index (χ1) is 9.66. The van der Waals surface area contributed by atoms with Crippen molar-refractivity contribution in [2.45, 2.75) is 31.6 Å². The zero-order chi connectivity index (χ0) is 14.4. The smallest absolute Gasteiger partial charge is 0.232 e. The molecule has 1 aliphatic rings. The van der Waals surface area contributed by atoms with Crippen LogP contribution in [-0.4, -0.2) is 42.7 Å². The van der Waals surface area contributed by atoms with Gasteiger partial charge < -0.3 is 10.2 Å². The van der Waals surface area contributed by atoms with Crippen molar-refractivity contribution in [2.75, 3.05) is 25.9 Å². The van der Waals surface area contributed by atoms with Crippen molar-refractivity contribution in [3.63, 3.8) is 0 Å². The maximum absolute atomic E-state index is 12.2. The second-order valence-electron chi connectivity index (χ2n) is 5.47. The second-order valence-corrected chi connectivity index (χ2v) is 6.45. The summed E-state index contributed by atoms with van der Waals surface area (Å²) in [6.07, 6.45) is 2.15. The first kappa shape index (κ1) is 18.3. The average molecular weight is 329 g/mol. The number of carbonyl (C=O) groups excluding carboxylic acids is 1. The summed E-state index contributed by atoms with van der Waals surface area (Å²) in [7, 11) is 1.95. The Morgan fingerprint density at radius 1 is 1.38 bits per heavy atom. The summed E-state index contributed by atoms with van der Waals surface area (Å²) >= 11 is 1.71. The van der Waals surface area contributed by atoms with Crippen LogP contribution in [-0.2, 0) is 10.5 Å². The van der Waals surface area contributed by atoms with E-state index >= 15 is 0 Å². The van der Waals surface area contributed by atoms with Crippen molar-refractivity contribution in [3.8, 4) is 0 Å². The highest BCUT2D eigenvalue weighted by Gasteiger charge is 2.21. The van der Waals surface area contributed by atoms with Crippen molar-refractivity contribution in [2.24, 2.45) is 0 Å². The molecular weight excluding hydrogens is 304 g/mol. The van der Waals surface area contributed by atoms with Gasteiger partial charge in [0.2, 0.25) is 5.91 Å². The third-order valence-electron chi connectivity index (χ3n) is 3.83. The molecule has 0 aliphatic carbocycles. The van der Waals surface area contributed by atoms with Crippen LogP contribution in [0.2, 0.25) is 0 Å². The lowest BCUT2D eigenvalue weighted by molar-refractivity contribution is -0.129. The Morgan fingerprint density at radius 2 is 2.10 bits per heavy atom. The van der Waals surface area contributed by atoms with E-state index in [1.54, 1.807) is 11.8 Å². The van der Waals surface area contributed by atoms with E-state index < -0.39 is 0 Å². The summed E-state index contributed by atoms with van der Waals surface area (Å²) in [5, 5.41) is 3.34. The Balaban J connectivity index is 0.00000220. The van der Waals surface area contributed by atoms with Crippen LogP contribution < -0.4 is 5.32 Å². The Morgan fingerprint density at radius 3 is 2.76 bits per heavy atom. The third-order valence-corrected chi connectivity index (χ3v) is 4.82. The Kier molecular flexibility index (Phi) is 8.15. The van der Waals surface area contributed by atoms with Crippen molar-refractivity contribution < 1.29 is 4.79 Å². The van der Waals surface area contributed by atoms with Crippen LogP contribution >= 0.6 is 24.2 Å². The zero-order valence-corrected chi connectivity index (χ0v) is 14.4. The highest BCUT2D eigenvalue weighted by Crippen LogP contribution is 2.16. The fraction of sp³-hybridized carbons (Fsp3) is 0.562. The number of rotatable bonds is 5. The third kappa shape index (κ3) is 5.89. The second kappa shape index (κ2) is 9.34. The minimum absolute atomic E-state index is 0. The van der Waals surface area contributed by atoms with Crippen LogP contribution in [0.4, 0.5) is 0 Å². The molecule has 0 radical (unpaired) electrons. The molecule has 3 nitrogen and oxygen atoms in total. The van der Waals surface area contributed by atoms with E-state index in [2.05, 4.69) is 36.5 Å². The van der Waals surface area contributed by atoms with E-state index in [0.29, 0.717) is 11.8 Å². The van der Waals surface area contributed by atoms with E-state index in [4.69, 9.17) is 0 Å². The van der Waals surface area contributed by atoms with Gasteiger partial charge in [0.1, 0.15) is 0 Å². The molecule has 1 N–H and O–H groups in total. The number of benzene rings is 1. The lowest BCUT2D eigenvalue weighted by Crippen LogP contribution is -2.44.